The van der Waals surface area contributed by atoms with Crippen molar-refractivity contribution in [2.45, 2.75) is 38.3 Å². The molecule has 110 valence electrons. The van der Waals surface area contributed by atoms with Crippen molar-refractivity contribution in [1.29, 1.82) is 0 Å². The third-order valence-electron chi connectivity index (χ3n) is 2.44. The maximum absolute atomic E-state index is 11.7. The molecule has 2 atom stereocenters. The van der Waals surface area contributed by atoms with Crippen LogP contribution in [0.1, 0.15) is 26.2 Å². The van der Waals surface area contributed by atoms with E-state index in [4.69, 9.17) is 15.9 Å². The van der Waals surface area contributed by atoms with Gasteiger partial charge in [-0.15, -0.1) is 0 Å². The highest BCUT2D eigenvalue weighted by Crippen LogP contribution is 2.01. The van der Waals surface area contributed by atoms with Gasteiger partial charge in [0.2, 0.25) is 11.8 Å². The molecule has 0 saturated heterocycles. The van der Waals surface area contributed by atoms with Crippen LogP contribution in [-0.2, 0) is 14.4 Å². The van der Waals surface area contributed by atoms with Gasteiger partial charge in [0.05, 0.1) is 6.61 Å². The van der Waals surface area contributed by atoms with Crippen molar-refractivity contribution < 1.29 is 24.6 Å². The van der Waals surface area contributed by atoms with Crippen LogP contribution in [0.5, 0.6) is 0 Å². The summed E-state index contributed by atoms with van der Waals surface area (Å²) in [5.74, 6) is -2.37. The van der Waals surface area contributed by atoms with Crippen LogP contribution < -0.4 is 16.4 Å². The van der Waals surface area contributed by atoms with Gasteiger partial charge in [0, 0.05) is 6.92 Å². The van der Waals surface area contributed by atoms with Crippen molar-refractivity contribution in [2.75, 3.05) is 13.2 Å². The first-order valence-corrected chi connectivity index (χ1v) is 6.03. The van der Waals surface area contributed by atoms with E-state index in [9.17, 15) is 14.4 Å². The number of nitrogens with two attached hydrogens (primary N) is 1. The van der Waals surface area contributed by atoms with Crippen molar-refractivity contribution in [1.82, 2.24) is 10.6 Å². The Labute approximate surface area is 111 Å². The monoisotopic (exact) mass is 275 g/mol. The Morgan fingerprint density at radius 1 is 1.16 bits per heavy atom. The summed E-state index contributed by atoms with van der Waals surface area (Å²) in [4.78, 5) is 33.5. The molecule has 0 spiro atoms. The molecule has 6 N–H and O–H groups in total. The van der Waals surface area contributed by atoms with Crippen molar-refractivity contribution >= 4 is 17.8 Å². The summed E-state index contributed by atoms with van der Waals surface area (Å²) in [6.07, 6.45) is 1.48. The second-order valence-corrected chi connectivity index (χ2v) is 4.12. The number of aliphatic hydroxyl groups is 1. The minimum atomic E-state index is -1.16. The number of aliphatic carboxylic acids is 1. The highest BCUT2D eigenvalue weighted by molar-refractivity contribution is 5.89. The first-order chi connectivity index (χ1) is 8.92. The zero-order valence-corrected chi connectivity index (χ0v) is 10.9. The average molecular weight is 275 g/mol. The number of rotatable bonds is 9. The molecule has 0 aliphatic carbocycles. The third-order valence-corrected chi connectivity index (χ3v) is 2.44. The van der Waals surface area contributed by atoms with Crippen LogP contribution in [0.25, 0.3) is 0 Å². The molecule has 0 aromatic rings. The summed E-state index contributed by atoms with van der Waals surface area (Å²) in [6, 6.07) is -2.20. The molecule has 0 rings (SSSR count). The molecular weight excluding hydrogens is 254 g/mol. The number of carboxylic acid groups (broad SMARTS) is 1. The van der Waals surface area contributed by atoms with Gasteiger partial charge in [0.1, 0.15) is 12.1 Å². The molecule has 0 fully saturated rings. The Bertz CT molecular complexity index is 321. The van der Waals surface area contributed by atoms with Crippen LogP contribution in [-0.4, -0.2) is 53.2 Å². The predicted octanol–water partition coefficient (Wildman–Crippen LogP) is -1.82. The van der Waals surface area contributed by atoms with Gasteiger partial charge in [-0.2, -0.15) is 0 Å². The summed E-state index contributed by atoms with van der Waals surface area (Å²) >= 11 is 0. The molecule has 0 radical (unpaired) electrons. The van der Waals surface area contributed by atoms with Gasteiger partial charge in [-0.05, 0) is 25.8 Å². The Kier molecular flexibility index (Phi) is 8.47. The van der Waals surface area contributed by atoms with Gasteiger partial charge in [-0.25, -0.2) is 4.79 Å². The molecule has 0 aliphatic heterocycles. The van der Waals surface area contributed by atoms with Crippen LogP contribution in [0.3, 0.4) is 0 Å². The standard InChI is InChI=1S/C11H21N3O5/c1-7(16)13-9(6-15)10(17)14-8(11(18)19)4-2-3-5-12/h8-9,15H,2-6,12H2,1H3,(H,13,16)(H,14,17)(H,18,19)/t8-,9-/m0/s1. The zero-order chi connectivity index (χ0) is 14.8. The quantitative estimate of drug-likeness (QED) is 0.314. The lowest BCUT2D eigenvalue weighted by Crippen LogP contribution is -2.52. The Hall–Kier alpha value is -1.67. The Balaban J connectivity index is 4.43. The Morgan fingerprint density at radius 3 is 2.21 bits per heavy atom. The van der Waals surface area contributed by atoms with E-state index in [2.05, 4.69) is 10.6 Å². The number of amides is 2. The molecule has 2 amide bonds. The van der Waals surface area contributed by atoms with E-state index in [1.807, 2.05) is 0 Å². The van der Waals surface area contributed by atoms with Crippen LogP contribution >= 0.6 is 0 Å². The van der Waals surface area contributed by atoms with Gasteiger partial charge in [-0.3, -0.25) is 9.59 Å². The van der Waals surface area contributed by atoms with Crippen molar-refractivity contribution in [3.63, 3.8) is 0 Å². The van der Waals surface area contributed by atoms with E-state index >= 15 is 0 Å². The summed E-state index contributed by atoms with van der Waals surface area (Å²) in [5.41, 5.74) is 5.30. The largest absolute Gasteiger partial charge is 0.480 e. The lowest BCUT2D eigenvalue weighted by molar-refractivity contribution is -0.142. The van der Waals surface area contributed by atoms with Crippen LogP contribution in [0.15, 0.2) is 0 Å². The molecule has 0 heterocycles. The number of carbonyl (C=O) groups is 3. The molecule has 0 aromatic heterocycles. The molecule has 19 heavy (non-hydrogen) atoms. The van der Waals surface area contributed by atoms with Gasteiger partial charge < -0.3 is 26.6 Å². The van der Waals surface area contributed by atoms with E-state index in [0.717, 1.165) is 0 Å². The number of hydrogen-bond donors (Lipinski definition) is 5. The van der Waals surface area contributed by atoms with E-state index in [1.54, 1.807) is 0 Å². The maximum atomic E-state index is 11.7. The molecule has 0 aromatic carbocycles. The fourth-order valence-corrected chi connectivity index (χ4v) is 1.46. The summed E-state index contributed by atoms with van der Waals surface area (Å²) in [5, 5.41) is 22.4. The first kappa shape index (κ1) is 17.3. The molecule has 0 bridgehead atoms. The number of aliphatic hydroxyl groups excluding tert-OH is 1. The van der Waals surface area contributed by atoms with Gasteiger partial charge >= 0.3 is 5.97 Å². The van der Waals surface area contributed by atoms with Gasteiger partial charge in [0.25, 0.3) is 0 Å². The molecule has 8 nitrogen and oxygen atoms in total. The smallest absolute Gasteiger partial charge is 0.326 e. The highest BCUT2D eigenvalue weighted by atomic mass is 16.4. The number of carbonyl (C=O) groups excluding carboxylic acids is 2. The second kappa shape index (κ2) is 9.29. The number of nitrogens with one attached hydrogen (secondary N) is 2. The summed E-state index contributed by atoms with van der Waals surface area (Å²) in [7, 11) is 0. The third kappa shape index (κ3) is 7.37. The fraction of sp³-hybridized carbons (Fsp3) is 0.727. The number of hydrogen-bond acceptors (Lipinski definition) is 5. The second-order valence-electron chi connectivity index (χ2n) is 4.12. The molecule has 0 saturated carbocycles. The van der Waals surface area contributed by atoms with Crippen molar-refractivity contribution in [3.8, 4) is 0 Å². The van der Waals surface area contributed by atoms with E-state index in [1.165, 1.54) is 6.92 Å². The summed E-state index contributed by atoms with van der Waals surface area (Å²) in [6.45, 7) is 1.05. The van der Waals surface area contributed by atoms with Crippen molar-refractivity contribution in [3.05, 3.63) is 0 Å². The zero-order valence-electron chi connectivity index (χ0n) is 10.9. The number of unbranched alkanes of at least 4 members (excludes halogenated alkanes) is 1. The number of carboxylic acids is 1. The van der Waals surface area contributed by atoms with Crippen LogP contribution in [0.2, 0.25) is 0 Å². The highest BCUT2D eigenvalue weighted by Gasteiger charge is 2.24. The topological polar surface area (TPSA) is 142 Å². The van der Waals surface area contributed by atoms with Gasteiger partial charge in [0.15, 0.2) is 0 Å². The SMILES string of the molecule is CC(=O)N[C@@H](CO)C(=O)N[C@@H](CCCCN)C(=O)O. The lowest BCUT2D eigenvalue weighted by Gasteiger charge is -2.19. The fourth-order valence-electron chi connectivity index (χ4n) is 1.46. The molecule has 8 heteroatoms. The van der Waals surface area contributed by atoms with Crippen LogP contribution in [0, 0.1) is 0 Å². The molecule has 0 aliphatic rings. The van der Waals surface area contributed by atoms with Crippen molar-refractivity contribution in [2.24, 2.45) is 5.73 Å². The average Bonchev–Trinajstić information content (AvgIpc) is 2.34. The van der Waals surface area contributed by atoms with Gasteiger partial charge in [-0.1, -0.05) is 0 Å². The maximum Gasteiger partial charge on any atom is 0.326 e. The summed E-state index contributed by atoms with van der Waals surface area (Å²) < 4.78 is 0. The minimum Gasteiger partial charge on any atom is -0.480 e. The molecular formula is C11H21N3O5. The first-order valence-electron chi connectivity index (χ1n) is 6.03. The predicted molar refractivity (Wildman–Crippen MR) is 67.2 cm³/mol. The molecule has 0 unspecified atom stereocenters. The lowest BCUT2D eigenvalue weighted by atomic mass is 10.1. The van der Waals surface area contributed by atoms with E-state index in [0.29, 0.717) is 19.4 Å². The minimum absolute atomic E-state index is 0.247. The van der Waals surface area contributed by atoms with E-state index < -0.39 is 36.5 Å². The van der Waals surface area contributed by atoms with Crippen LogP contribution in [0.4, 0.5) is 0 Å². The van der Waals surface area contributed by atoms with E-state index in [-0.39, 0.29) is 6.42 Å². The normalized spacial score (nSPS) is 13.4. The Morgan fingerprint density at radius 2 is 1.79 bits per heavy atom.